The summed E-state index contributed by atoms with van der Waals surface area (Å²) in [5.41, 5.74) is 3.63. The summed E-state index contributed by atoms with van der Waals surface area (Å²) in [7, 11) is 0. The fourth-order valence-corrected chi connectivity index (χ4v) is 4.45. The second-order valence-corrected chi connectivity index (χ2v) is 9.32. The Balaban J connectivity index is 1.76. The maximum Gasteiger partial charge on any atom is 0.337 e. The number of rotatable bonds is 6. The third-order valence-electron chi connectivity index (χ3n) is 6.61. The van der Waals surface area contributed by atoms with Crippen LogP contribution in [-0.2, 0) is 13.1 Å². The Morgan fingerprint density at radius 2 is 1.53 bits per heavy atom. The molecule has 6 nitrogen and oxygen atoms in total. The Kier molecular flexibility index (Phi) is 6.14. The van der Waals surface area contributed by atoms with Crippen LogP contribution >= 0.6 is 0 Å². The first-order chi connectivity index (χ1) is 17.3. The van der Waals surface area contributed by atoms with Crippen molar-refractivity contribution < 1.29 is 4.39 Å². The van der Waals surface area contributed by atoms with Gasteiger partial charge in [0.15, 0.2) is 11.2 Å². The van der Waals surface area contributed by atoms with Crippen molar-refractivity contribution in [1.29, 1.82) is 0 Å². The van der Waals surface area contributed by atoms with E-state index in [0.717, 1.165) is 21.3 Å². The molecule has 2 heterocycles. The van der Waals surface area contributed by atoms with E-state index in [9.17, 15) is 14.0 Å². The monoisotopic (exact) mass is 482 g/mol. The van der Waals surface area contributed by atoms with Crippen LogP contribution < -0.4 is 11.2 Å². The lowest BCUT2D eigenvalue weighted by atomic mass is 10.0. The molecule has 0 aliphatic carbocycles. The van der Waals surface area contributed by atoms with E-state index >= 15 is 0 Å². The van der Waals surface area contributed by atoms with Gasteiger partial charge in [0.1, 0.15) is 5.82 Å². The number of aromatic nitrogens is 4. The molecule has 5 aromatic rings. The highest BCUT2D eigenvalue weighted by Crippen LogP contribution is 2.20. The van der Waals surface area contributed by atoms with E-state index in [2.05, 4.69) is 18.8 Å². The minimum atomic E-state index is -0.561. The number of hydrogen-bond acceptors (Lipinski definition) is 3. The molecule has 2 aromatic heterocycles. The summed E-state index contributed by atoms with van der Waals surface area (Å²) >= 11 is 0. The predicted molar refractivity (Wildman–Crippen MR) is 139 cm³/mol. The predicted octanol–water partition coefficient (Wildman–Crippen LogP) is 5.02. The Hall–Kier alpha value is -4.26. The van der Waals surface area contributed by atoms with E-state index < -0.39 is 17.1 Å². The van der Waals surface area contributed by atoms with E-state index in [-0.39, 0.29) is 17.8 Å². The lowest BCUT2D eigenvalue weighted by Crippen LogP contribution is -2.40. The summed E-state index contributed by atoms with van der Waals surface area (Å²) in [4.78, 5) is 31.9. The van der Waals surface area contributed by atoms with Crippen molar-refractivity contribution in [2.24, 2.45) is 0 Å². The summed E-state index contributed by atoms with van der Waals surface area (Å²) in [6.45, 7) is 6.45. The lowest BCUT2D eigenvalue weighted by Gasteiger charge is -2.14. The van der Waals surface area contributed by atoms with Crippen LogP contribution in [0.15, 0.2) is 88.7 Å². The van der Waals surface area contributed by atoms with Crippen LogP contribution in [0.2, 0.25) is 0 Å². The van der Waals surface area contributed by atoms with Crippen molar-refractivity contribution in [3.63, 3.8) is 0 Å². The van der Waals surface area contributed by atoms with E-state index in [1.807, 2.05) is 55.5 Å². The largest absolute Gasteiger partial charge is 0.337 e. The van der Waals surface area contributed by atoms with Crippen LogP contribution in [0.4, 0.5) is 4.39 Å². The summed E-state index contributed by atoms with van der Waals surface area (Å²) < 4.78 is 18.8. The van der Waals surface area contributed by atoms with Crippen molar-refractivity contribution in [1.82, 2.24) is 18.7 Å². The van der Waals surface area contributed by atoms with Crippen LogP contribution in [0.5, 0.6) is 0 Å². The zero-order chi connectivity index (χ0) is 25.4. The number of hydrogen-bond donors (Lipinski definition) is 0. The smallest absolute Gasteiger partial charge is 0.320 e. The van der Waals surface area contributed by atoms with E-state index in [1.54, 1.807) is 29.1 Å². The SMILES string of the molecule is Cc1ccccc1Cn1cnc2c1c(=O)n(Cc1ccccc1F)c(=O)n2-c1ccc(C(C)C)cc1. The van der Waals surface area contributed by atoms with Gasteiger partial charge in [0.25, 0.3) is 5.56 Å². The van der Waals surface area contributed by atoms with Crippen LogP contribution in [0.1, 0.15) is 42.0 Å². The van der Waals surface area contributed by atoms with Gasteiger partial charge in [-0.25, -0.2) is 18.7 Å². The second kappa shape index (κ2) is 9.41. The molecule has 182 valence electrons. The maximum atomic E-state index is 14.5. The van der Waals surface area contributed by atoms with Gasteiger partial charge in [-0.3, -0.25) is 9.36 Å². The van der Waals surface area contributed by atoms with Crippen molar-refractivity contribution in [3.05, 3.63) is 128 Å². The maximum absolute atomic E-state index is 14.5. The third kappa shape index (κ3) is 4.17. The number of nitrogens with zero attached hydrogens (tertiary/aromatic N) is 4. The van der Waals surface area contributed by atoms with Gasteiger partial charge >= 0.3 is 5.69 Å². The summed E-state index contributed by atoms with van der Waals surface area (Å²) in [5, 5.41) is 0. The molecule has 0 fully saturated rings. The highest BCUT2D eigenvalue weighted by atomic mass is 19.1. The molecule has 0 saturated carbocycles. The van der Waals surface area contributed by atoms with E-state index in [1.165, 1.54) is 10.6 Å². The Morgan fingerprint density at radius 3 is 2.19 bits per heavy atom. The zero-order valence-corrected chi connectivity index (χ0v) is 20.5. The molecule has 0 spiro atoms. The summed E-state index contributed by atoms with van der Waals surface area (Å²) in [6, 6.07) is 21.7. The van der Waals surface area contributed by atoms with Crippen molar-refractivity contribution in [3.8, 4) is 5.69 Å². The van der Waals surface area contributed by atoms with Gasteiger partial charge in [-0.05, 0) is 47.7 Å². The molecule has 0 saturated heterocycles. The molecule has 0 N–H and O–H groups in total. The van der Waals surface area contributed by atoms with E-state index in [0.29, 0.717) is 23.7 Å². The molecule has 36 heavy (non-hydrogen) atoms. The Morgan fingerprint density at radius 1 is 0.861 bits per heavy atom. The molecule has 0 bridgehead atoms. The average Bonchev–Trinajstić information content (AvgIpc) is 3.28. The highest BCUT2D eigenvalue weighted by molar-refractivity contribution is 5.72. The van der Waals surface area contributed by atoms with Gasteiger partial charge in [-0.2, -0.15) is 0 Å². The van der Waals surface area contributed by atoms with Crippen molar-refractivity contribution in [2.45, 2.75) is 39.8 Å². The molecule has 0 aliphatic heterocycles. The summed E-state index contributed by atoms with van der Waals surface area (Å²) in [6.07, 6.45) is 1.59. The zero-order valence-electron chi connectivity index (χ0n) is 20.5. The number of benzene rings is 3. The van der Waals surface area contributed by atoms with Gasteiger partial charge < -0.3 is 4.57 Å². The number of imidazole rings is 1. The molecule has 5 rings (SSSR count). The molecule has 0 atom stereocenters. The molecular formula is C29H27FN4O2. The van der Waals surface area contributed by atoms with Crippen molar-refractivity contribution >= 4 is 11.2 Å². The van der Waals surface area contributed by atoms with Crippen LogP contribution in [-0.4, -0.2) is 18.7 Å². The number of aryl methyl sites for hydroxylation is 1. The standard InChI is InChI=1S/C29H27FN4O2/c1-19(2)21-12-14-24(15-13-21)34-27-26(32(18-31-27)16-22-9-5-4-8-20(22)3)28(35)33(29(34)36)17-23-10-6-7-11-25(23)30/h4-15,18-19H,16-17H2,1-3H3. The molecular weight excluding hydrogens is 455 g/mol. The summed E-state index contributed by atoms with van der Waals surface area (Å²) in [5.74, 6) is -0.135. The van der Waals surface area contributed by atoms with Gasteiger partial charge in [0.05, 0.1) is 18.6 Å². The van der Waals surface area contributed by atoms with E-state index in [4.69, 9.17) is 0 Å². The number of halogens is 1. The molecule has 0 radical (unpaired) electrons. The molecule has 0 amide bonds. The first kappa shape index (κ1) is 23.5. The first-order valence-electron chi connectivity index (χ1n) is 11.9. The number of fused-ring (bicyclic) bond motifs is 1. The van der Waals surface area contributed by atoms with Gasteiger partial charge in [-0.15, -0.1) is 0 Å². The van der Waals surface area contributed by atoms with Crippen LogP contribution in [0.3, 0.4) is 0 Å². The minimum Gasteiger partial charge on any atom is -0.320 e. The Bertz CT molecular complexity index is 1680. The van der Waals surface area contributed by atoms with Crippen LogP contribution in [0.25, 0.3) is 16.9 Å². The fourth-order valence-electron chi connectivity index (χ4n) is 4.45. The van der Waals surface area contributed by atoms with Crippen molar-refractivity contribution in [2.75, 3.05) is 0 Å². The molecule has 7 heteroatoms. The first-order valence-corrected chi connectivity index (χ1v) is 11.9. The molecule has 3 aromatic carbocycles. The molecule has 0 aliphatic rings. The Labute approximate surface area is 207 Å². The quantitative estimate of drug-likeness (QED) is 0.342. The van der Waals surface area contributed by atoms with Crippen LogP contribution in [0, 0.1) is 12.7 Å². The van der Waals surface area contributed by atoms with Gasteiger partial charge in [0, 0.05) is 12.1 Å². The highest BCUT2D eigenvalue weighted by Gasteiger charge is 2.20. The fraction of sp³-hybridized carbons (Fsp3) is 0.207. The minimum absolute atomic E-state index is 0.181. The third-order valence-corrected chi connectivity index (χ3v) is 6.61. The van der Waals surface area contributed by atoms with Gasteiger partial charge in [0.2, 0.25) is 0 Å². The topological polar surface area (TPSA) is 61.8 Å². The second-order valence-electron chi connectivity index (χ2n) is 9.32. The average molecular weight is 483 g/mol. The molecule has 0 unspecified atom stereocenters. The lowest BCUT2D eigenvalue weighted by molar-refractivity contribution is 0.586. The van der Waals surface area contributed by atoms with Gasteiger partial charge in [-0.1, -0.05) is 68.4 Å². The normalized spacial score (nSPS) is 11.5.